The third-order valence-corrected chi connectivity index (χ3v) is 7.00. The van der Waals surface area contributed by atoms with E-state index < -0.39 is 0 Å². The number of halogens is 1. The first-order chi connectivity index (χ1) is 16.5. The van der Waals surface area contributed by atoms with Crippen molar-refractivity contribution in [1.82, 2.24) is 25.1 Å². The number of anilines is 1. The molecule has 1 aliphatic carbocycles. The molecule has 3 aromatic rings. The fourth-order valence-electron chi connectivity index (χ4n) is 4.37. The van der Waals surface area contributed by atoms with Gasteiger partial charge < -0.3 is 10.6 Å². The SMILES string of the molecule is CSc1nc(NC(CC2CCCCC2)C(=O)NCc2ccc(Cl)cc2)cc(-c2cnn(C)c2)n1. The topological polar surface area (TPSA) is 84.7 Å². The molecule has 1 saturated carbocycles. The van der Waals surface area contributed by atoms with Crippen LogP contribution in [-0.4, -0.2) is 38.0 Å². The Kier molecular flexibility index (Phi) is 8.45. The number of benzene rings is 1. The number of nitrogens with one attached hydrogen (secondary N) is 2. The summed E-state index contributed by atoms with van der Waals surface area (Å²) in [7, 11) is 1.88. The lowest BCUT2D eigenvalue weighted by Crippen LogP contribution is -2.41. The van der Waals surface area contributed by atoms with Gasteiger partial charge in [0.15, 0.2) is 5.16 Å². The molecule has 7 nitrogen and oxygen atoms in total. The Labute approximate surface area is 210 Å². The third-order valence-electron chi connectivity index (χ3n) is 6.20. The van der Waals surface area contributed by atoms with Crippen molar-refractivity contribution in [1.29, 1.82) is 0 Å². The van der Waals surface area contributed by atoms with Crippen LogP contribution in [0.3, 0.4) is 0 Å². The van der Waals surface area contributed by atoms with Crippen molar-refractivity contribution in [3.05, 3.63) is 53.3 Å². The van der Waals surface area contributed by atoms with E-state index in [1.165, 1.54) is 43.9 Å². The van der Waals surface area contributed by atoms with Crippen LogP contribution in [0.15, 0.2) is 47.9 Å². The molecule has 1 aliphatic rings. The largest absolute Gasteiger partial charge is 0.358 e. The van der Waals surface area contributed by atoms with E-state index in [1.54, 1.807) is 10.9 Å². The Balaban J connectivity index is 1.53. The molecule has 2 aromatic heterocycles. The first-order valence-corrected chi connectivity index (χ1v) is 13.3. The summed E-state index contributed by atoms with van der Waals surface area (Å²) in [6, 6.07) is 9.07. The Morgan fingerprint density at radius 2 is 1.97 bits per heavy atom. The molecule has 9 heteroatoms. The maximum atomic E-state index is 13.3. The molecular formula is C25H31ClN6OS. The van der Waals surface area contributed by atoms with Gasteiger partial charge in [0.05, 0.1) is 11.9 Å². The second-order valence-electron chi connectivity index (χ2n) is 8.81. The lowest BCUT2D eigenvalue weighted by Gasteiger charge is -2.27. The summed E-state index contributed by atoms with van der Waals surface area (Å²) in [6.07, 6.45) is 12.5. The Morgan fingerprint density at radius 3 is 2.65 bits per heavy atom. The van der Waals surface area contributed by atoms with Crippen molar-refractivity contribution in [2.24, 2.45) is 13.0 Å². The van der Waals surface area contributed by atoms with Gasteiger partial charge in [-0.3, -0.25) is 9.48 Å². The highest BCUT2D eigenvalue weighted by atomic mass is 35.5. The number of aromatic nitrogens is 4. The van der Waals surface area contributed by atoms with E-state index in [4.69, 9.17) is 11.6 Å². The van der Waals surface area contributed by atoms with Crippen molar-refractivity contribution in [3.63, 3.8) is 0 Å². The van der Waals surface area contributed by atoms with E-state index in [-0.39, 0.29) is 11.9 Å². The predicted octanol–water partition coefficient (Wildman–Crippen LogP) is 5.32. The highest BCUT2D eigenvalue weighted by Crippen LogP contribution is 2.29. The molecule has 180 valence electrons. The standard InChI is InChI=1S/C25H31ClN6OS/c1-32-16-19(15-28-32)21-13-23(31-25(30-21)34-2)29-22(12-17-6-4-3-5-7-17)24(33)27-14-18-8-10-20(26)11-9-18/h8-11,13,15-17,22H,3-7,12,14H2,1-2H3,(H,27,33)(H,29,30,31). The third kappa shape index (κ3) is 6.73. The van der Waals surface area contributed by atoms with Crippen LogP contribution in [0.25, 0.3) is 11.3 Å². The molecule has 1 amide bonds. The van der Waals surface area contributed by atoms with Gasteiger partial charge in [-0.1, -0.05) is 67.6 Å². The van der Waals surface area contributed by atoms with E-state index >= 15 is 0 Å². The minimum absolute atomic E-state index is 0.0206. The van der Waals surface area contributed by atoms with Gasteiger partial charge in [0, 0.05) is 36.4 Å². The van der Waals surface area contributed by atoms with Gasteiger partial charge in [-0.25, -0.2) is 9.97 Å². The summed E-state index contributed by atoms with van der Waals surface area (Å²) in [5.74, 6) is 1.17. The molecular weight excluding hydrogens is 468 g/mol. The van der Waals surface area contributed by atoms with Crippen molar-refractivity contribution in [2.45, 2.75) is 56.3 Å². The zero-order chi connectivity index (χ0) is 23.9. The van der Waals surface area contributed by atoms with E-state index in [1.807, 2.05) is 49.8 Å². The molecule has 0 radical (unpaired) electrons. The van der Waals surface area contributed by atoms with Crippen LogP contribution in [0.5, 0.6) is 0 Å². The normalized spacial score (nSPS) is 15.1. The van der Waals surface area contributed by atoms with Crippen LogP contribution in [0.4, 0.5) is 5.82 Å². The summed E-state index contributed by atoms with van der Waals surface area (Å²) in [5.41, 5.74) is 2.71. The number of rotatable bonds is 9. The number of amides is 1. The van der Waals surface area contributed by atoms with Gasteiger partial charge >= 0.3 is 0 Å². The second-order valence-corrected chi connectivity index (χ2v) is 10.0. The van der Waals surface area contributed by atoms with Crippen LogP contribution in [0.1, 0.15) is 44.1 Å². The van der Waals surface area contributed by atoms with Crippen LogP contribution in [0, 0.1) is 5.92 Å². The molecule has 0 spiro atoms. The van der Waals surface area contributed by atoms with E-state index in [9.17, 15) is 4.79 Å². The van der Waals surface area contributed by atoms with E-state index in [0.29, 0.717) is 28.5 Å². The fraction of sp³-hybridized carbons (Fsp3) is 0.440. The molecule has 0 bridgehead atoms. The van der Waals surface area contributed by atoms with Crippen LogP contribution in [0.2, 0.25) is 5.02 Å². The maximum absolute atomic E-state index is 13.3. The zero-order valence-corrected chi connectivity index (χ0v) is 21.2. The molecule has 4 rings (SSSR count). The van der Waals surface area contributed by atoms with Gasteiger partial charge in [-0.05, 0) is 36.3 Å². The molecule has 1 atom stereocenters. The van der Waals surface area contributed by atoms with Gasteiger partial charge in [-0.15, -0.1) is 0 Å². The molecule has 1 unspecified atom stereocenters. The molecule has 2 N–H and O–H groups in total. The lowest BCUT2D eigenvalue weighted by molar-refractivity contribution is -0.122. The molecule has 34 heavy (non-hydrogen) atoms. The molecule has 1 aromatic carbocycles. The Hall–Kier alpha value is -2.58. The number of thioether (sulfide) groups is 1. The lowest BCUT2D eigenvalue weighted by atomic mass is 9.84. The summed E-state index contributed by atoms with van der Waals surface area (Å²) in [5, 5.41) is 12.1. The van der Waals surface area contributed by atoms with Gasteiger partial charge in [-0.2, -0.15) is 5.10 Å². The minimum Gasteiger partial charge on any atom is -0.358 e. The number of hydrogen-bond acceptors (Lipinski definition) is 6. The highest BCUT2D eigenvalue weighted by molar-refractivity contribution is 7.98. The molecule has 0 saturated heterocycles. The zero-order valence-electron chi connectivity index (χ0n) is 19.6. The first-order valence-electron chi connectivity index (χ1n) is 11.7. The molecule has 2 heterocycles. The smallest absolute Gasteiger partial charge is 0.242 e. The average molecular weight is 499 g/mol. The Bertz CT molecular complexity index is 1100. The highest BCUT2D eigenvalue weighted by Gasteiger charge is 2.25. The number of carbonyl (C=O) groups is 1. The van der Waals surface area contributed by atoms with E-state index in [0.717, 1.165) is 23.2 Å². The van der Waals surface area contributed by atoms with Gasteiger partial charge in [0.1, 0.15) is 11.9 Å². The quantitative estimate of drug-likeness (QED) is 0.307. The van der Waals surface area contributed by atoms with Crippen molar-refractivity contribution >= 4 is 35.1 Å². The number of hydrogen-bond donors (Lipinski definition) is 2. The number of aryl methyl sites for hydroxylation is 1. The van der Waals surface area contributed by atoms with Crippen molar-refractivity contribution in [2.75, 3.05) is 11.6 Å². The second kappa shape index (κ2) is 11.7. The molecule has 1 fully saturated rings. The van der Waals surface area contributed by atoms with E-state index in [2.05, 4.69) is 25.7 Å². The van der Waals surface area contributed by atoms with Crippen LogP contribution < -0.4 is 10.6 Å². The van der Waals surface area contributed by atoms with Gasteiger partial charge in [0.2, 0.25) is 5.91 Å². The summed E-state index contributed by atoms with van der Waals surface area (Å²) >= 11 is 7.47. The monoisotopic (exact) mass is 498 g/mol. The fourth-order valence-corrected chi connectivity index (χ4v) is 4.88. The van der Waals surface area contributed by atoms with Gasteiger partial charge in [0.25, 0.3) is 0 Å². The first kappa shape index (κ1) is 24.5. The summed E-state index contributed by atoms with van der Waals surface area (Å²) < 4.78 is 1.75. The maximum Gasteiger partial charge on any atom is 0.242 e. The Morgan fingerprint density at radius 1 is 1.21 bits per heavy atom. The number of nitrogens with zero attached hydrogens (tertiary/aromatic N) is 4. The van der Waals surface area contributed by atoms with Crippen molar-refractivity contribution < 1.29 is 4.79 Å². The summed E-state index contributed by atoms with van der Waals surface area (Å²) in [4.78, 5) is 22.6. The predicted molar refractivity (Wildman–Crippen MR) is 138 cm³/mol. The minimum atomic E-state index is -0.373. The average Bonchev–Trinajstić information content (AvgIpc) is 3.30. The van der Waals surface area contributed by atoms with Crippen LogP contribution >= 0.6 is 23.4 Å². The summed E-state index contributed by atoms with van der Waals surface area (Å²) in [6.45, 7) is 0.458. The number of carbonyl (C=O) groups excluding carboxylic acids is 1. The van der Waals surface area contributed by atoms with Crippen LogP contribution in [-0.2, 0) is 18.4 Å². The molecule has 0 aliphatic heterocycles. The van der Waals surface area contributed by atoms with Crippen molar-refractivity contribution in [3.8, 4) is 11.3 Å².